The molecule has 0 heterocycles. The fourth-order valence-corrected chi connectivity index (χ4v) is 3.83. The maximum atomic E-state index is 12.1. The van der Waals surface area contributed by atoms with Gasteiger partial charge in [0.2, 0.25) is 5.91 Å². The number of hydrogen-bond donors (Lipinski definition) is 1. The van der Waals surface area contributed by atoms with Crippen molar-refractivity contribution in [3.63, 3.8) is 0 Å². The molecule has 0 aliphatic rings. The number of nitrogens with one attached hydrogen (secondary N) is 1. The minimum Gasteiger partial charge on any atom is -0.490 e. The Kier molecular flexibility index (Phi) is 8.97. The van der Waals surface area contributed by atoms with Gasteiger partial charge in [0.1, 0.15) is 6.61 Å². The van der Waals surface area contributed by atoms with Crippen LogP contribution in [0.4, 0.5) is 5.69 Å². The van der Waals surface area contributed by atoms with Gasteiger partial charge < -0.3 is 9.47 Å². The van der Waals surface area contributed by atoms with E-state index in [4.69, 9.17) is 9.47 Å². The smallest absolute Gasteiger partial charge is 0.269 e. The Morgan fingerprint density at radius 3 is 2.41 bits per heavy atom. The molecule has 0 aliphatic heterocycles. The van der Waals surface area contributed by atoms with Crippen LogP contribution in [0.25, 0.3) is 0 Å². The van der Waals surface area contributed by atoms with Crippen molar-refractivity contribution in [2.75, 3.05) is 6.61 Å². The van der Waals surface area contributed by atoms with E-state index >= 15 is 0 Å². The number of nitro benzene ring substituents is 1. The van der Waals surface area contributed by atoms with E-state index in [1.165, 1.54) is 12.1 Å². The summed E-state index contributed by atoms with van der Waals surface area (Å²) in [5, 5.41) is 14.9. The molecule has 0 aromatic heterocycles. The summed E-state index contributed by atoms with van der Waals surface area (Å²) in [6.45, 7) is 4.55. The third-order valence-corrected chi connectivity index (χ3v) is 5.55. The van der Waals surface area contributed by atoms with Crippen LogP contribution in [-0.4, -0.2) is 23.7 Å². The van der Waals surface area contributed by atoms with Gasteiger partial charge in [-0.1, -0.05) is 29.8 Å². The number of amides is 1. The van der Waals surface area contributed by atoms with Gasteiger partial charge in [-0.3, -0.25) is 14.9 Å². The average Bonchev–Trinajstić information content (AvgIpc) is 2.80. The first-order chi connectivity index (χ1) is 16.4. The number of halogens is 1. The van der Waals surface area contributed by atoms with E-state index < -0.39 is 4.92 Å². The maximum absolute atomic E-state index is 12.1. The number of benzene rings is 3. The van der Waals surface area contributed by atoms with E-state index in [1.807, 2.05) is 44.2 Å². The molecule has 0 unspecified atom stereocenters. The molecule has 1 N–H and O–H groups in total. The molecule has 3 aromatic carbocycles. The number of nitro groups is 1. The van der Waals surface area contributed by atoms with Crippen molar-refractivity contribution in [3.8, 4) is 11.5 Å². The van der Waals surface area contributed by atoms with Crippen molar-refractivity contribution >= 4 is 40.4 Å². The Bertz CT molecular complexity index is 1180. The van der Waals surface area contributed by atoms with Gasteiger partial charge in [-0.15, -0.1) is 0 Å². The molecule has 8 nitrogen and oxygen atoms in total. The number of rotatable bonds is 10. The molecule has 3 aromatic rings. The van der Waals surface area contributed by atoms with Crippen LogP contribution in [0.15, 0.2) is 65.8 Å². The highest BCUT2D eigenvalue weighted by atomic mass is 127. The molecule has 0 fully saturated rings. The van der Waals surface area contributed by atoms with Gasteiger partial charge in [0.25, 0.3) is 5.69 Å². The fourth-order valence-electron chi connectivity index (χ4n) is 3.04. The number of hydrazone groups is 1. The van der Waals surface area contributed by atoms with Gasteiger partial charge in [0.05, 0.1) is 27.7 Å². The lowest BCUT2D eigenvalue weighted by Gasteiger charge is -2.14. The zero-order valence-corrected chi connectivity index (χ0v) is 20.9. The summed E-state index contributed by atoms with van der Waals surface area (Å²) in [6, 6.07) is 17.6. The first-order valence-corrected chi connectivity index (χ1v) is 11.6. The summed E-state index contributed by atoms with van der Waals surface area (Å²) >= 11 is 2.15. The second-order valence-corrected chi connectivity index (χ2v) is 8.59. The molecule has 0 bridgehead atoms. The highest BCUT2D eigenvalue weighted by Gasteiger charge is 2.13. The molecule has 0 saturated carbocycles. The molecular formula is C25H24IN3O5. The lowest BCUT2D eigenvalue weighted by atomic mass is 10.1. The lowest BCUT2D eigenvalue weighted by molar-refractivity contribution is -0.384. The van der Waals surface area contributed by atoms with Crippen molar-refractivity contribution in [1.82, 2.24) is 5.43 Å². The first-order valence-electron chi connectivity index (χ1n) is 10.6. The van der Waals surface area contributed by atoms with E-state index in [0.717, 1.165) is 25.8 Å². The SMILES string of the molecule is CCOc1cc(/C=N/NC(=O)Cc2ccc(C)cc2)cc(I)c1OCc1ccc([N+](=O)[O-])cc1. The fraction of sp³-hybridized carbons (Fsp3) is 0.200. The third-order valence-electron chi connectivity index (χ3n) is 4.75. The minimum absolute atomic E-state index is 0.0305. The standard InChI is InChI=1S/C25H24IN3O5/c1-3-33-23-13-20(15-27-28-24(30)14-18-6-4-17(2)5-7-18)12-22(26)25(23)34-16-19-8-10-21(11-9-19)29(31)32/h4-13,15H,3,14,16H2,1-2H3,(H,28,30)/b27-15+. The van der Waals surface area contributed by atoms with Crippen LogP contribution in [0.3, 0.4) is 0 Å². The number of nitrogens with zero attached hydrogens (tertiary/aromatic N) is 2. The Morgan fingerprint density at radius 2 is 1.76 bits per heavy atom. The lowest BCUT2D eigenvalue weighted by Crippen LogP contribution is -2.19. The molecule has 0 spiro atoms. The topological polar surface area (TPSA) is 103 Å². The first kappa shape index (κ1) is 25.2. The molecule has 3 rings (SSSR count). The number of ether oxygens (including phenoxy) is 2. The van der Waals surface area contributed by atoms with Crippen molar-refractivity contribution in [1.29, 1.82) is 0 Å². The van der Waals surface area contributed by atoms with E-state index in [-0.39, 0.29) is 24.6 Å². The molecule has 1 amide bonds. The zero-order chi connectivity index (χ0) is 24.5. The quantitative estimate of drug-likeness (QED) is 0.156. The second kappa shape index (κ2) is 12.1. The van der Waals surface area contributed by atoms with Crippen LogP contribution in [-0.2, 0) is 17.8 Å². The van der Waals surface area contributed by atoms with Crippen molar-refractivity contribution in [3.05, 3.63) is 96.6 Å². The van der Waals surface area contributed by atoms with Crippen LogP contribution < -0.4 is 14.9 Å². The molecule has 0 atom stereocenters. The minimum atomic E-state index is -0.439. The molecule has 176 valence electrons. The van der Waals surface area contributed by atoms with Crippen LogP contribution in [0, 0.1) is 20.6 Å². The summed E-state index contributed by atoms with van der Waals surface area (Å²) in [5.41, 5.74) is 6.17. The highest BCUT2D eigenvalue weighted by Crippen LogP contribution is 2.34. The summed E-state index contributed by atoms with van der Waals surface area (Å²) in [5.74, 6) is 0.910. The average molecular weight is 573 g/mol. The van der Waals surface area contributed by atoms with E-state index in [1.54, 1.807) is 24.4 Å². The normalized spacial score (nSPS) is 10.8. The number of carbonyl (C=O) groups excluding carboxylic acids is 1. The number of carbonyl (C=O) groups is 1. The van der Waals surface area contributed by atoms with Gasteiger partial charge in [-0.25, -0.2) is 5.43 Å². The molecular weight excluding hydrogens is 549 g/mol. The Balaban J connectivity index is 1.65. The maximum Gasteiger partial charge on any atom is 0.269 e. The molecule has 34 heavy (non-hydrogen) atoms. The summed E-state index contributed by atoms with van der Waals surface area (Å²) in [4.78, 5) is 22.5. The zero-order valence-electron chi connectivity index (χ0n) is 18.8. The Morgan fingerprint density at radius 1 is 1.09 bits per heavy atom. The van der Waals surface area contributed by atoms with E-state index in [0.29, 0.717) is 18.1 Å². The molecule has 0 aliphatic carbocycles. The number of aryl methyl sites for hydroxylation is 1. The molecule has 9 heteroatoms. The summed E-state index contributed by atoms with van der Waals surface area (Å²) in [7, 11) is 0. The van der Waals surface area contributed by atoms with E-state index in [9.17, 15) is 14.9 Å². The van der Waals surface area contributed by atoms with Gasteiger partial charge >= 0.3 is 0 Å². The van der Waals surface area contributed by atoms with Crippen LogP contribution >= 0.6 is 22.6 Å². The van der Waals surface area contributed by atoms with Gasteiger partial charge in [-0.05, 0) is 77.4 Å². The number of hydrogen-bond acceptors (Lipinski definition) is 6. The predicted molar refractivity (Wildman–Crippen MR) is 138 cm³/mol. The van der Waals surface area contributed by atoms with Gasteiger partial charge in [0.15, 0.2) is 11.5 Å². The molecule has 0 saturated heterocycles. The van der Waals surface area contributed by atoms with Crippen molar-refractivity contribution < 1.29 is 19.2 Å². The van der Waals surface area contributed by atoms with Gasteiger partial charge in [-0.2, -0.15) is 5.10 Å². The van der Waals surface area contributed by atoms with E-state index in [2.05, 4.69) is 33.1 Å². The Hall–Kier alpha value is -3.47. The van der Waals surface area contributed by atoms with Crippen LogP contribution in [0.1, 0.15) is 29.2 Å². The molecule has 0 radical (unpaired) electrons. The second-order valence-electron chi connectivity index (χ2n) is 7.43. The third kappa shape index (κ3) is 7.27. The Labute approximate surface area is 211 Å². The number of non-ortho nitro benzene ring substituents is 1. The monoisotopic (exact) mass is 573 g/mol. The van der Waals surface area contributed by atoms with Crippen LogP contribution in [0.2, 0.25) is 0 Å². The summed E-state index contributed by atoms with van der Waals surface area (Å²) < 4.78 is 12.5. The predicted octanol–water partition coefficient (Wildman–Crippen LogP) is 5.18. The van der Waals surface area contributed by atoms with Crippen molar-refractivity contribution in [2.45, 2.75) is 26.9 Å². The largest absolute Gasteiger partial charge is 0.490 e. The van der Waals surface area contributed by atoms with Gasteiger partial charge in [0, 0.05) is 12.1 Å². The highest BCUT2D eigenvalue weighted by molar-refractivity contribution is 14.1. The summed E-state index contributed by atoms with van der Waals surface area (Å²) in [6.07, 6.45) is 1.80. The van der Waals surface area contributed by atoms with Crippen LogP contribution in [0.5, 0.6) is 11.5 Å². The van der Waals surface area contributed by atoms with Crippen molar-refractivity contribution in [2.24, 2.45) is 5.10 Å².